The largest absolute Gasteiger partial charge is 0.481 e. The van der Waals surface area contributed by atoms with Crippen LogP contribution in [0.1, 0.15) is 39.5 Å². The standard InChI is InChI=1S/C11H21O7P/c1-3-7(4-2)10(19(16,17)18)8(11(14)15)5-6-9(12)13/h7-8,10H,3-6H2,1-2H3,(H,12,13)(H,14,15)(H2,16,17,18). The second kappa shape index (κ2) is 7.62. The van der Waals surface area contributed by atoms with E-state index in [0.717, 1.165) is 0 Å². The third-order valence-electron chi connectivity index (χ3n) is 3.32. The van der Waals surface area contributed by atoms with Gasteiger partial charge in [0.05, 0.1) is 11.6 Å². The Bertz CT molecular complexity index is 358. The van der Waals surface area contributed by atoms with Gasteiger partial charge >= 0.3 is 19.5 Å². The molecule has 112 valence electrons. The number of carboxylic acids is 2. The summed E-state index contributed by atoms with van der Waals surface area (Å²) in [6.07, 6.45) is 0.164. The maximum absolute atomic E-state index is 11.6. The number of carboxylic acid groups (broad SMARTS) is 2. The zero-order valence-electron chi connectivity index (χ0n) is 11.0. The van der Waals surface area contributed by atoms with Gasteiger partial charge in [-0.3, -0.25) is 14.2 Å². The lowest BCUT2D eigenvalue weighted by Gasteiger charge is -2.30. The smallest absolute Gasteiger partial charge is 0.329 e. The van der Waals surface area contributed by atoms with Crippen molar-refractivity contribution in [1.29, 1.82) is 0 Å². The highest BCUT2D eigenvalue weighted by Gasteiger charge is 2.44. The Hall–Kier alpha value is -0.910. The fourth-order valence-corrected chi connectivity index (χ4v) is 4.04. The van der Waals surface area contributed by atoms with Crippen LogP contribution in [-0.4, -0.2) is 37.6 Å². The van der Waals surface area contributed by atoms with Gasteiger partial charge < -0.3 is 20.0 Å². The molecule has 0 aliphatic rings. The van der Waals surface area contributed by atoms with Gasteiger partial charge in [-0.1, -0.05) is 26.7 Å². The van der Waals surface area contributed by atoms with Gasteiger partial charge in [0.1, 0.15) is 0 Å². The van der Waals surface area contributed by atoms with Crippen LogP contribution in [0.15, 0.2) is 0 Å². The highest BCUT2D eigenvalue weighted by molar-refractivity contribution is 7.52. The molecular formula is C11H21O7P. The van der Waals surface area contributed by atoms with Crippen molar-refractivity contribution in [2.75, 3.05) is 0 Å². The lowest BCUT2D eigenvalue weighted by molar-refractivity contribution is -0.143. The van der Waals surface area contributed by atoms with Crippen molar-refractivity contribution < 1.29 is 34.2 Å². The normalized spacial score (nSPS) is 15.2. The van der Waals surface area contributed by atoms with E-state index in [1.165, 1.54) is 0 Å². The Kier molecular flexibility index (Phi) is 7.26. The fraction of sp³-hybridized carbons (Fsp3) is 0.818. The molecule has 4 N–H and O–H groups in total. The fourth-order valence-electron chi connectivity index (χ4n) is 2.33. The van der Waals surface area contributed by atoms with Crippen molar-refractivity contribution in [3.8, 4) is 0 Å². The number of rotatable bonds is 9. The molecule has 0 amide bonds. The molecule has 0 rings (SSSR count). The lowest BCUT2D eigenvalue weighted by Crippen LogP contribution is -2.34. The maximum Gasteiger partial charge on any atom is 0.329 e. The molecule has 7 nitrogen and oxygen atoms in total. The second-order valence-corrected chi connectivity index (χ2v) is 6.31. The molecule has 0 aromatic carbocycles. The van der Waals surface area contributed by atoms with E-state index < -0.39 is 43.5 Å². The Morgan fingerprint density at radius 1 is 1.11 bits per heavy atom. The third kappa shape index (κ3) is 5.72. The molecule has 0 aromatic heterocycles. The first-order valence-corrected chi connectivity index (χ1v) is 7.83. The summed E-state index contributed by atoms with van der Waals surface area (Å²) < 4.78 is 11.6. The SMILES string of the molecule is CCC(CC)C(C(CCC(=O)O)C(=O)O)P(=O)(O)O. The van der Waals surface area contributed by atoms with Crippen molar-refractivity contribution in [2.24, 2.45) is 11.8 Å². The van der Waals surface area contributed by atoms with E-state index in [9.17, 15) is 23.9 Å². The zero-order chi connectivity index (χ0) is 15.2. The van der Waals surface area contributed by atoms with E-state index in [-0.39, 0.29) is 6.42 Å². The van der Waals surface area contributed by atoms with E-state index in [1.807, 2.05) is 0 Å². The van der Waals surface area contributed by atoms with Crippen LogP contribution < -0.4 is 0 Å². The summed E-state index contributed by atoms with van der Waals surface area (Å²) >= 11 is 0. The maximum atomic E-state index is 11.6. The molecule has 0 spiro atoms. The van der Waals surface area contributed by atoms with Crippen LogP contribution in [-0.2, 0) is 14.2 Å². The average molecular weight is 296 g/mol. The Labute approximate surface area is 111 Å². The summed E-state index contributed by atoms with van der Waals surface area (Å²) in [6.45, 7) is 3.46. The number of carbonyl (C=O) groups is 2. The van der Waals surface area contributed by atoms with E-state index in [1.54, 1.807) is 13.8 Å². The minimum absolute atomic E-state index is 0.281. The first-order valence-electron chi connectivity index (χ1n) is 6.14. The van der Waals surface area contributed by atoms with E-state index in [0.29, 0.717) is 12.8 Å². The molecule has 0 radical (unpaired) electrons. The molecule has 0 heterocycles. The third-order valence-corrected chi connectivity index (χ3v) is 4.88. The van der Waals surface area contributed by atoms with Crippen molar-refractivity contribution in [3.63, 3.8) is 0 Å². The zero-order valence-corrected chi connectivity index (χ0v) is 11.9. The molecule has 8 heteroatoms. The molecule has 0 aliphatic heterocycles. The van der Waals surface area contributed by atoms with Gasteiger partial charge in [-0.2, -0.15) is 0 Å². The van der Waals surface area contributed by atoms with Crippen molar-refractivity contribution in [1.82, 2.24) is 0 Å². The summed E-state index contributed by atoms with van der Waals surface area (Å²) in [4.78, 5) is 40.5. The topological polar surface area (TPSA) is 132 Å². The van der Waals surface area contributed by atoms with Crippen molar-refractivity contribution in [3.05, 3.63) is 0 Å². The Morgan fingerprint density at radius 2 is 1.58 bits per heavy atom. The van der Waals surface area contributed by atoms with Gasteiger partial charge in [-0.15, -0.1) is 0 Å². The molecule has 0 saturated carbocycles. The van der Waals surface area contributed by atoms with Gasteiger partial charge in [0, 0.05) is 6.42 Å². The Morgan fingerprint density at radius 3 is 1.84 bits per heavy atom. The van der Waals surface area contributed by atoms with Crippen LogP contribution in [0.5, 0.6) is 0 Å². The molecule has 0 saturated heterocycles. The van der Waals surface area contributed by atoms with Crippen molar-refractivity contribution >= 4 is 19.5 Å². The van der Waals surface area contributed by atoms with Gasteiger partial charge in [-0.25, -0.2) is 0 Å². The molecule has 0 fully saturated rings. The molecule has 2 atom stereocenters. The van der Waals surface area contributed by atoms with Crippen LogP contribution in [0, 0.1) is 11.8 Å². The highest BCUT2D eigenvalue weighted by Crippen LogP contribution is 2.51. The van der Waals surface area contributed by atoms with Crippen LogP contribution in [0.25, 0.3) is 0 Å². The summed E-state index contributed by atoms with van der Waals surface area (Å²) in [5.41, 5.74) is -1.33. The van der Waals surface area contributed by atoms with Gasteiger partial charge in [-0.05, 0) is 12.3 Å². The van der Waals surface area contributed by atoms with E-state index >= 15 is 0 Å². The van der Waals surface area contributed by atoms with E-state index in [4.69, 9.17) is 10.2 Å². The number of aliphatic carboxylic acids is 2. The first-order chi connectivity index (χ1) is 8.65. The van der Waals surface area contributed by atoms with Crippen LogP contribution >= 0.6 is 7.60 Å². The monoisotopic (exact) mass is 296 g/mol. The molecular weight excluding hydrogens is 275 g/mol. The van der Waals surface area contributed by atoms with Crippen LogP contribution in [0.4, 0.5) is 0 Å². The highest BCUT2D eigenvalue weighted by atomic mass is 31.2. The molecule has 0 aromatic rings. The van der Waals surface area contributed by atoms with Gasteiger partial charge in [0.2, 0.25) is 0 Å². The lowest BCUT2D eigenvalue weighted by atomic mass is 9.87. The quantitative estimate of drug-likeness (QED) is 0.474. The van der Waals surface area contributed by atoms with Gasteiger partial charge in [0.15, 0.2) is 0 Å². The van der Waals surface area contributed by atoms with Crippen LogP contribution in [0.2, 0.25) is 0 Å². The Balaban J connectivity index is 5.31. The van der Waals surface area contributed by atoms with Gasteiger partial charge in [0.25, 0.3) is 0 Å². The summed E-state index contributed by atoms with van der Waals surface area (Å²) in [7, 11) is -4.61. The number of hydrogen-bond acceptors (Lipinski definition) is 3. The van der Waals surface area contributed by atoms with Crippen molar-refractivity contribution in [2.45, 2.75) is 45.2 Å². The summed E-state index contributed by atoms with van der Waals surface area (Å²) in [5, 5.41) is 17.7. The minimum Gasteiger partial charge on any atom is -0.481 e. The number of hydrogen-bond donors (Lipinski definition) is 4. The molecule has 0 aliphatic carbocycles. The first kappa shape index (κ1) is 18.1. The predicted molar refractivity (Wildman–Crippen MR) is 67.9 cm³/mol. The van der Waals surface area contributed by atoms with Crippen LogP contribution in [0.3, 0.4) is 0 Å². The molecule has 19 heavy (non-hydrogen) atoms. The predicted octanol–water partition coefficient (Wildman–Crippen LogP) is 1.53. The second-order valence-electron chi connectivity index (χ2n) is 4.53. The molecule has 0 bridgehead atoms. The minimum atomic E-state index is -4.61. The average Bonchev–Trinajstić information content (AvgIpc) is 2.26. The summed E-state index contributed by atoms with van der Waals surface area (Å²) in [6, 6.07) is 0. The molecule has 2 unspecified atom stereocenters. The summed E-state index contributed by atoms with van der Waals surface area (Å²) in [5.74, 6) is -4.33. The van der Waals surface area contributed by atoms with E-state index in [2.05, 4.69) is 0 Å².